The van der Waals surface area contributed by atoms with E-state index in [1.165, 1.54) is 0 Å². The molecule has 0 spiro atoms. The standard InChI is InChI=1S/C11H12F3NO3S/c12-11(13,14)8-3-1-4-9(7-8)19(17,18)6-2-5-10(15)16/h1,3-4,7H,2,5-6H2,(H2,15,16). The molecule has 4 nitrogen and oxygen atoms in total. The summed E-state index contributed by atoms with van der Waals surface area (Å²) in [6, 6.07) is 3.50. The van der Waals surface area contributed by atoms with Gasteiger partial charge in [0.2, 0.25) is 5.91 Å². The third-order valence-electron chi connectivity index (χ3n) is 2.36. The van der Waals surface area contributed by atoms with Crippen LogP contribution in [0.1, 0.15) is 18.4 Å². The van der Waals surface area contributed by atoms with Crippen molar-refractivity contribution >= 4 is 15.7 Å². The molecule has 1 amide bonds. The summed E-state index contributed by atoms with van der Waals surface area (Å²) >= 11 is 0. The molecule has 19 heavy (non-hydrogen) atoms. The number of hydrogen-bond donors (Lipinski definition) is 1. The van der Waals surface area contributed by atoms with Crippen LogP contribution in [0.15, 0.2) is 29.2 Å². The summed E-state index contributed by atoms with van der Waals surface area (Å²) in [5.41, 5.74) is 3.83. The second-order valence-corrected chi connectivity index (χ2v) is 6.02. The Morgan fingerprint density at radius 3 is 2.42 bits per heavy atom. The lowest BCUT2D eigenvalue weighted by molar-refractivity contribution is -0.137. The molecule has 0 saturated carbocycles. The third kappa shape index (κ3) is 4.55. The van der Waals surface area contributed by atoms with Crippen molar-refractivity contribution in [3.63, 3.8) is 0 Å². The summed E-state index contributed by atoms with van der Waals surface area (Å²) in [4.78, 5) is 10.1. The minimum absolute atomic E-state index is 0.0199. The molecular weight excluding hydrogens is 283 g/mol. The lowest BCUT2D eigenvalue weighted by atomic mass is 10.2. The van der Waals surface area contributed by atoms with E-state index in [0.717, 1.165) is 18.2 Å². The van der Waals surface area contributed by atoms with Crippen LogP contribution in [0.25, 0.3) is 0 Å². The van der Waals surface area contributed by atoms with Crippen LogP contribution in [0.5, 0.6) is 0 Å². The van der Waals surface area contributed by atoms with E-state index in [2.05, 4.69) is 0 Å². The maximum atomic E-state index is 12.5. The van der Waals surface area contributed by atoms with E-state index >= 15 is 0 Å². The summed E-state index contributed by atoms with van der Waals surface area (Å²) in [5, 5.41) is 0. The molecule has 1 aromatic carbocycles. The molecule has 106 valence electrons. The Labute approximate surface area is 108 Å². The molecule has 0 unspecified atom stereocenters. The molecule has 0 heterocycles. The molecule has 0 atom stereocenters. The van der Waals surface area contributed by atoms with Gasteiger partial charge in [-0.2, -0.15) is 13.2 Å². The van der Waals surface area contributed by atoms with E-state index in [9.17, 15) is 26.4 Å². The molecule has 0 aliphatic heterocycles. The first-order valence-corrected chi connectivity index (χ1v) is 6.96. The van der Waals surface area contributed by atoms with Gasteiger partial charge in [-0.3, -0.25) is 4.79 Å². The molecule has 0 aliphatic carbocycles. The van der Waals surface area contributed by atoms with Gasteiger partial charge in [-0.25, -0.2) is 8.42 Å². The maximum Gasteiger partial charge on any atom is 0.416 e. The predicted octanol–water partition coefficient (Wildman–Crippen LogP) is 1.74. The largest absolute Gasteiger partial charge is 0.416 e. The Bertz CT molecular complexity index is 567. The summed E-state index contributed by atoms with van der Waals surface area (Å²) in [6.07, 6.45) is -4.75. The van der Waals surface area contributed by atoms with Crippen LogP contribution in [0.2, 0.25) is 0 Å². The van der Waals surface area contributed by atoms with Gasteiger partial charge in [0.15, 0.2) is 9.84 Å². The number of benzene rings is 1. The van der Waals surface area contributed by atoms with Crippen molar-refractivity contribution in [1.29, 1.82) is 0 Å². The lowest BCUT2D eigenvalue weighted by Gasteiger charge is -2.09. The molecule has 8 heteroatoms. The van der Waals surface area contributed by atoms with Crippen LogP contribution in [-0.4, -0.2) is 20.1 Å². The van der Waals surface area contributed by atoms with Crippen molar-refractivity contribution in [2.45, 2.75) is 23.9 Å². The topological polar surface area (TPSA) is 77.2 Å². The average molecular weight is 295 g/mol. The quantitative estimate of drug-likeness (QED) is 0.899. The highest BCUT2D eigenvalue weighted by molar-refractivity contribution is 7.91. The molecule has 0 aliphatic rings. The summed E-state index contributed by atoms with van der Waals surface area (Å²) in [5.74, 6) is -1.07. The van der Waals surface area contributed by atoms with E-state index in [4.69, 9.17) is 5.73 Å². The molecule has 0 fully saturated rings. The maximum absolute atomic E-state index is 12.5. The number of primary amides is 1. The van der Waals surface area contributed by atoms with Crippen LogP contribution >= 0.6 is 0 Å². The first-order chi connectivity index (χ1) is 8.63. The van der Waals surface area contributed by atoms with Crippen molar-refractivity contribution in [3.8, 4) is 0 Å². The normalized spacial score (nSPS) is 12.4. The van der Waals surface area contributed by atoms with Crippen molar-refractivity contribution in [2.24, 2.45) is 5.73 Å². The van der Waals surface area contributed by atoms with Crippen molar-refractivity contribution < 1.29 is 26.4 Å². The van der Waals surface area contributed by atoms with Crippen LogP contribution < -0.4 is 5.73 Å². The summed E-state index contributed by atoms with van der Waals surface area (Å²) < 4.78 is 60.9. The zero-order chi connectivity index (χ0) is 14.7. The highest BCUT2D eigenvalue weighted by atomic mass is 32.2. The van der Waals surface area contributed by atoms with Crippen molar-refractivity contribution in [3.05, 3.63) is 29.8 Å². The number of sulfone groups is 1. The van der Waals surface area contributed by atoms with Gasteiger partial charge in [-0.05, 0) is 24.6 Å². The van der Waals surface area contributed by atoms with Gasteiger partial charge in [0.1, 0.15) is 0 Å². The monoisotopic (exact) mass is 295 g/mol. The van der Waals surface area contributed by atoms with Crippen LogP contribution in [-0.2, 0) is 20.8 Å². The first kappa shape index (κ1) is 15.5. The Kier molecular flexibility index (Phi) is 4.56. The Hall–Kier alpha value is -1.57. The fourth-order valence-electron chi connectivity index (χ4n) is 1.42. The van der Waals surface area contributed by atoms with E-state index < -0.39 is 38.1 Å². The Morgan fingerprint density at radius 2 is 1.89 bits per heavy atom. The smallest absolute Gasteiger partial charge is 0.370 e. The number of nitrogens with two attached hydrogens (primary N) is 1. The van der Waals surface area contributed by atoms with Crippen LogP contribution in [0, 0.1) is 0 Å². The second kappa shape index (κ2) is 5.60. The minimum atomic E-state index is -4.60. The molecule has 1 rings (SSSR count). The minimum Gasteiger partial charge on any atom is -0.370 e. The van der Waals surface area contributed by atoms with Crippen molar-refractivity contribution in [2.75, 3.05) is 5.75 Å². The zero-order valence-electron chi connectivity index (χ0n) is 9.77. The van der Waals surface area contributed by atoms with Crippen LogP contribution in [0.3, 0.4) is 0 Å². The first-order valence-electron chi connectivity index (χ1n) is 5.31. The third-order valence-corrected chi connectivity index (χ3v) is 4.16. The number of alkyl halides is 3. The highest BCUT2D eigenvalue weighted by Crippen LogP contribution is 2.30. The Balaban J connectivity index is 2.93. The summed E-state index contributed by atoms with van der Waals surface area (Å²) in [7, 11) is -3.85. The number of hydrogen-bond acceptors (Lipinski definition) is 3. The predicted molar refractivity (Wildman–Crippen MR) is 61.9 cm³/mol. The Morgan fingerprint density at radius 1 is 1.26 bits per heavy atom. The fourth-order valence-corrected chi connectivity index (χ4v) is 2.77. The second-order valence-electron chi connectivity index (χ2n) is 3.91. The lowest BCUT2D eigenvalue weighted by Crippen LogP contribution is -2.14. The molecule has 0 radical (unpaired) electrons. The highest BCUT2D eigenvalue weighted by Gasteiger charge is 2.31. The zero-order valence-corrected chi connectivity index (χ0v) is 10.6. The molecule has 0 aromatic heterocycles. The van der Waals surface area contributed by atoms with Gasteiger partial charge in [0.25, 0.3) is 0 Å². The summed E-state index contributed by atoms with van der Waals surface area (Å²) in [6.45, 7) is 0. The van der Waals surface area contributed by atoms with Gasteiger partial charge >= 0.3 is 6.18 Å². The van der Waals surface area contributed by atoms with Gasteiger partial charge in [0.05, 0.1) is 16.2 Å². The average Bonchev–Trinajstić information content (AvgIpc) is 2.27. The number of amides is 1. The fraction of sp³-hybridized carbons (Fsp3) is 0.364. The van der Waals surface area contributed by atoms with E-state index in [-0.39, 0.29) is 12.8 Å². The molecule has 2 N–H and O–H groups in total. The van der Waals surface area contributed by atoms with E-state index in [0.29, 0.717) is 6.07 Å². The number of rotatable bonds is 5. The number of carbonyl (C=O) groups excluding carboxylic acids is 1. The van der Waals surface area contributed by atoms with E-state index in [1.807, 2.05) is 0 Å². The molecule has 1 aromatic rings. The van der Waals surface area contributed by atoms with Gasteiger partial charge in [0, 0.05) is 6.42 Å². The molecule has 0 bridgehead atoms. The molecule has 0 saturated heterocycles. The van der Waals surface area contributed by atoms with Gasteiger partial charge in [-0.15, -0.1) is 0 Å². The van der Waals surface area contributed by atoms with Crippen LogP contribution in [0.4, 0.5) is 13.2 Å². The SMILES string of the molecule is NC(=O)CCCS(=O)(=O)c1cccc(C(F)(F)F)c1. The molecular formula is C11H12F3NO3S. The number of halogens is 3. The van der Waals surface area contributed by atoms with Crippen molar-refractivity contribution in [1.82, 2.24) is 0 Å². The van der Waals surface area contributed by atoms with Gasteiger partial charge in [-0.1, -0.05) is 6.07 Å². The number of carbonyl (C=O) groups is 1. The van der Waals surface area contributed by atoms with E-state index in [1.54, 1.807) is 0 Å². The van der Waals surface area contributed by atoms with Gasteiger partial charge < -0.3 is 5.73 Å².